The van der Waals surface area contributed by atoms with Gasteiger partial charge in [-0.2, -0.15) is 0 Å². The largest absolute Gasteiger partial charge is 0.481 e. The van der Waals surface area contributed by atoms with Crippen molar-refractivity contribution in [3.8, 4) is 0 Å². The summed E-state index contributed by atoms with van der Waals surface area (Å²) < 4.78 is 14.1. The van der Waals surface area contributed by atoms with Crippen LogP contribution in [0, 0.1) is 65.1 Å². The number of carboxylic acids is 1. The fraction of sp³-hybridized carbons (Fsp3) is 0.729. The summed E-state index contributed by atoms with van der Waals surface area (Å²) in [4.78, 5) is 54.0. The van der Waals surface area contributed by atoms with Crippen molar-refractivity contribution in [1.29, 1.82) is 0 Å². The second-order valence-electron chi connectivity index (χ2n) is 19.0. The number of aliphatic carboxylic acids is 1. The Balaban J connectivity index is 0.000000268. The minimum Gasteiger partial charge on any atom is -0.481 e. The van der Waals surface area contributed by atoms with Crippen molar-refractivity contribution < 1.29 is 63.7 Å². The monoisotopic (exact) mass is 1140 g/mol. The van der Waals surface area contributed by atoms with Crippen LogP contribution < -0.4 is 16.8 Å². The van der Waals surface area contributed by atoms with E-state index in [2.05, 4.69) is 79.6 Å². The number of alkyl halides is 2. The molecule has 2 aliphatic heterocycles. The van der Waals surface area contributed by atoms with Crippen molar-refractivity contribution in [2.45, 2.75) is 126 Å². The highest BCUT2D eigenvalue weighted by atomic mass is 79.9. The van der Waals surface area contributed by atoms with Crippen LogP contribution in [0.25, 0.3) is 0 Å². The van der Waals surface area contributed by atoms with Crippen molar-refractivity contribution in [3.05, 3.63) is 48.2 Å². The van der Waals surface area contributed by atoms with Crippen molar-refractivity contribution in [2.75, 3.05) is 27.4 Å². The van der Waals surface area contributed by atoms with Crippen LogP contribution in [0.1, 0.15) is 85.5 Å². The van der Waals surface area contributed by atoms with E-state index in [1.54, 1.807) is 6.08 Å². The first-order chi connectivity index (χ1) is 31.1. The van der Waals surface area contributed by atoms with E-state index >= 15 is 0 Å². The van der Waals surface area contributed by atoms with Gasteiger partial charge in [-0.05, 0) is 75.0 Å². The van der Waals surface area contributed by atoms with E-state index in [4.69, 9.17) is 36.6 Å². The van der Waals surface area contributed by atoms with Gasteiger partial charge < -0.3 is 56.5 Å². The van der Waals surface area contributed by atoms with Gasteiger partial charge in [0, 0.05) is 54.1 Å². The molecule has 2 heterocycles. The number of allylic oxidation sites excluding steroid dienone is 4. The van der Waals surface area contributed by atoms with E-state index in [0.717, 1.165) is 50.6 Å². The number of carboxylic acid groups (broad SMARTS) is 1. The number of aliphatic hydroxyl groups excluding tert-OH is 4. The van der Waals surface area contributed by atoms with Gasteiger partial charge in [-0.1, -0.05) is 102 Å². The number of ether oxygens (including phenoxy) is 3. The number of amides is 1. The lowest BCUT2D eigenvalue weighted by Crippen LogP contribution is -2.44. The Kier molecular flexibility index (Phi) is 26.6. The number of nitrogens with one attached hydrogen (secondary N) is 1. The van der Waals surface area contributed by atoms with Crippen LogP contribution >= 0.6 is 48.8 Å². The molecule has 7 aliphatic carbocycles. The zero-order valence-electron chi connectivity index (χ0n) is 39.5. The van der Waals surface area contributed by atoms with Gasteiger partial charge in [0.1, 0.15) is 6.10 Å². The summed E-state index contributed by atoms with van der Waals surface area (Å²) >= 11 is 6.90. The lowest BCUT2D eigenvalue weighted by Gasteiger charge is -2.30. The standard InChI is InChI=1S/C8H12O2.C7H9BrO2.C7H13BrO2.C7H11NO2.C7H10O2.C6H13NO2.C6H7NO.BrH/c1-6-3-4-7(5-6)8(9)10-2;1-3-2-4-6(5(3)8)10-7(4)9;1-4-2-5(3-9)7(10)6(4)8;1-10-7(9)5-2-3-6(8)4-5;1-5-2-3-6(4-5)7(8)9;7-5-1-4(3-8)6(9)2-5;8-6-4-1-2-5(3-4)7-6;/h3-4,6-7H,5H2,1-2H3;3-6H,2H2,1H3;4-7,9-10H,2-3H2,1H3;3,5H,2,4,8H2,1H3;2-3,5-6H,4H2,1H3,(H,8,9);4-6,8-9H,1-3,7H2;1-2,4-5H,3H2,(H,7,8);1H/t6-,7+;3-,4-,5-,6-;4-,5+,6-,7-;5-;5-,6-;4-,5+,6-;;/m011100../s1. The van der Waals surface area contributed by atoms with Crippen LogP contribution in [0.3, 0.4) is 0 Å². The molecule has 0 spiro atoms. The number of carbonyl (C=O) groups excluding carboxylic acids is 4. The molecule has 16 nitrogen and oxygen atoms in total. The van der Waals surface area contributed by atoms with E-state index in [-0.39, 0.29) is 125 Å². The fourth-order valence-electron chi connectivity index (χ4n) is 9.26. The normalized spacial score (nSPS) is 38.2. The van der Waals surface area contributed by atoms with E-state index < -0.39 is 5.97 Å². The summed E-state index contributed by atoms with van der Waals surface area (Å²) in [5, 5.41) is 47.3. The molecular formula is C48H76Br3N3O13. The maximum Gasteiger partial charge on any atom is 0.313 e. The molecule has 2 bridgehead atoms. The summed E-state index contributed by atoms with van der Waals surface area (Å²) in [6.07, 6.45) is 20.5. The number of esters is 3. The smallest absolute Gasteiger partial charge is 0.313 e. The Morgan fingerprint density at radius 1 is 0.776 bits per heavy atom. The predicted octanol–water partition coefficient (Wildman–Crippen LogP) is 4.87. The van der Waals surface area contributed by atoms with Crippen LogP contribution in [0.2, 0.25) is 0 Å². The molecule has 18 atom stereocenters. The van der Waals surface area contributed by atoms with E-state index in [1.807, 2.05) is 31.2 Å². The molecular weight excluding hydrogens is 1070 g/mol. The number of hydrogen-bond donors (Lipinski definition) is 8. The highest BCUT2D eigenvalue weighted by molar-refractivity contribution is 9.09. The lowest BCUT2D eigenvalue weighted by atomic mass is 10.0. The summed E-state index contributed by atoms with van der Waals surface area (Å²) in [6.45, 7) is 8.52. The van der Waals surface area contributed by atoms with Gasteiger partial charge in [-0.3, -0.25) is 24.0 Å². The predicted molar refractivity (Wildman–Crippen MR) is 266 cm³/mol. The van der Waals surface area contributed by atoms with Crippen molar-refractivity contribution in [3.63, 3.8) is 0 Å². The molecule has 19 heteroatoms. The third kappa shape index (κ3) is 18.6. The number of fused-ring (bicyclic) bond motifs is 3. The fourth-order valence-corrected chi connectivity index (χ4v) is 10.6. The lowest BCUT2D eigenvalue weighted by molar-refractivity contribution is -0.179. The number of halogens is 3. The zero-order valence-corrected chi connectivity index (χ0v) is 44.4. The van der Waals surface area contributed by atoms with E-state index in [9.17, 15) is 29.1 Å². The van der Waals surface area contributed by atoms with Crippen molar-refractivity contribution in [2.24, 2.45) is 76.6 Å². The molecule has 5 fully saturated rings. The Labute approximate surface area is 423 Å². The van der Waals surface area contributed by atoms with Gasteiger partial charge in [0.2, 0.25) is 5.91 Å². The molecule has 0 aromatic heterocycles. The van der Waals surface area contributed by atoms with Gasteiger partial charge in [0.05, 0.1) is 60.8 Å². The average Bonchev–Trinajstić information content (AvgIpc) is 4.19. The van der Waals surface area contributed by atoms with Gasteiger partial charge in [-0.25, -0.2) is 0 Å². The van der Waals surface area contributed by atoms with E-state index in [0.29, 0.717) is 47.4 Å². The number of nitrogens with two attached hydrogens (primary N) is 2. The molecule has 0 aromatic rings. The Morgan fingerprint density at radius 3 is 1.64 bits per heavy atom. The maximum atomic E-state index is 10.9. The van der Waals surface area contributed by atoms with Gasteiger partial charge in [0.25, 0.3) is 0 Å². The Bertz CT molecular complexity index is 1730. The average molecular weight is 1140 g/mol. The number of aliphatic hydroxyl groups is 4. The van der Waals surface area contributed by atoms with Crippen LogP contribution in [-0.2, 0) is 38.2 Å². The molecule has 1 amide bonds. The topological polar surface area (TPSA) is 278 Å². The molecule has 9 rings (SSSR count). The van der Waals surface area contributed by atoms with Crippen molar-refractivity contribution >= 4 is 78.6 Å². The second-order valence-corrected chi connectivity index (χ2v) is 21.2. The first kappa shape index (κ1) is 60.5. The summed E-state index contributed by atoms with van der Waals surface area (Å²) in [7, 11) is 2.83. The first-order valence-corrected chi connectivity index (χ1v) is 25.0. The summed E-state index contributed by atoms with van der Waals surface area (Å²) in [5.41, 5.74) is 11.8. The maximum absolute atomic E-state index is 10.9. The Morgan fingerprint density at radius 2 is 1.36 bits per heavy atom. The van der Waals surface area contributed by atoms with Gasteiger partial charge in [-0.15, -0.1) is 17.0 Å². The molecule has 67 heavy (non-hydrogen) atoms. The zero-order chi connectivity index (χ0) is 49.4. The molecule has 3 saturated carbocycles. The van der Waals surface area contributed by atoms with E-state index in [1.165, 1.54) is 14.2 Å². The number of rotatable bonds is 5. The summed E-state index contributed by atoms with van der Waals surface area (Å²) in [6, 6.07) is 0.463. The van der Waals surface area contributed by atoms with Gasteiger partial charge >= 0.3 is 23.9 Å². The Hall–Kier alpha value is -2.65. The second kappa shape index (κ2) is 29.5. The first-order valence-electron chi connectivity index (χ1n) is 23.1. The quantitative estimate of drug-likeness (QED) is 0.0789. The highest BCUT2D eigenvalue weighted by Crippen LogP contribution is 2.44. The number of hydrogen-bond acceptors (Lipinski definition) is 14. The van der Waals surface area contributed by atoms with Crippen LogP contribution in [0.15, 0.2) is 48.2 Å². The molecule has 10 N–H and O–H groups in total. The van der Waals surface area contributed by atoms with Gasteiger partial charge in [0.15, 0.2) is 0 Å². The molecule has 2 saturated heterocycles. The molecule has 2 unspecified atom stereocenters. The molecule has 9 aliphatic rings. The summed E-state index contributed by atoms with van der Waals surface area (Å²) in [5.74, 6) is 1.58. The third-order valence-electron chi connectivity index (χ3n) is 13.5. The minimum atomic E-state index is -0.699. The van der Waals surface area contributed by atoms with Crippen molar-refractivity contribution in [1.82, 2.24) is 5.32 Å². The number of carbonyl (C=O) groups is 5. The number of methoxy groups -OCH3 is 2. The highest BCUT2D eigenvalue weighted by Gasteiger charge is 2.53. The van der Waals surface area contributed by atoms with Crippen LogP contribution in [-0.4, -0.2) is 123 Å². The molecule has 0 radical (unpaired) electrons. The molecule has 382 valence electrons. The van der Waals surface area contributed by atoms with Crippen LogP contribution in [0.4, 0.5) is 0 Å². The minimum absolute atomic E-state index is 0. The van der Waals surface area contributed by atoms with Crippen LogP contribution in [0.5, 0.6) is 0 Å². The molecule has 0 aromatic carbocycles. The SMILES string of the molecule is Br.COC(=O)[C@@H]1C=C[C@H](C)C1.COC(=O)[C@@H]1CC=C(N)C1.C[C@@H]1C[C@@H](CO)[C@@H](O)[C@@H]1Br.C[C@@H]1C[C@H]2C(=O)O[C@H]2[C@@H]1Br.C[C@H]1C=C[C@H](C(=O)O)C1.N[C@@H]1C[C@@H](CO)[C@@H](O)C1.O=C1NC2C=CC1C2. The third-order valence-corrected chi connectivity index (χ3v) is 16.3.